The van der Waals surface area contributed by atoms with Gasteiger partial charge in [-0.25, -0.2) is 9.37 Å². The van der Waals surface area contributed by atoms with Crippen LogP contribution in [0.3, 0.4) is 0 Å². The highest BCUT2D eigenvalue weighted by Crippen LogP contribution is 2.53. The summed E-state index contributed by atoms with van der Waals surface area (Å²) < 4.78 is 13.5. The number of halogens is 2. The molecule has 1 N–H and O–H groups in total. The maximum absolute atomic E-state index is 13.5. The summed E-state index contributed by atoms with van der Waals surface area (Å²) in [7, 11) is 0. The van der Waals surface area contributed by atoms with Gasteiger partial charge in [-0.3, -0.25) is 9.69 Å². The lowest BCUT2D eigenvalue weighted by atomic mass is 9.84. The van der Waals surface area contributed by atoms with Crippen molar-refractivity contribution in [3.63, 3.8) is 0 Å². The van der Waals surface area contributed by atoms with Crippen LogP contribution in [-0.2, 0) is 12.8 Å². The molecule has 1 saturated heterocycles. The first kappa shape index (κ1) is 20.4. The predicted octanol–water partition coefficient (Wildman–Crippen LogP) is 4.20. The van der Waals surface area contributed by atoms with E-state index in [1.807, 2.05) is 0 Å². The third-order valence-electron chi connectivity index (χ3n) is 7.96. The lowest BCUT2D eigenvalue weighted by Crippen LogP contribution is -2.49. The lowest BCUT2D eigenvalue weighted by molar-refractivity contribution is 0.214. The first-order valence-electron chi connectivity index (χ1n) is 11.8. The first-order chi connectivity index (χ1) is 15.5. The molecule has 0 unspecified atom stereocenters. The Morgan fingerprint density at radius 2 is 1.94 bits per heavy atom. The number of rotatable bonds is 3. The van der Waals surface area contributed by atoms with Crippen LogP contribution in [0.4, 0.5) is 10.1 Å². The molecule has 168 valence electrons. The number of hydrogen-bond acceptors (Lipinski definition) is 4. The molecule has 0 amide bonds. The third kappa shape index (κ3) is 3.67. The fraction of sp³-hybridized carbons (Fsp3) is 0.520. The monoisotopic (exact) mass is 454 g/mol. The number of anilines is 1. The Kier molecular flexibility index (Phi) is 4.92. The van der Waals surface area contributed by atoms with E-state index in [9.17, 15) is 9.18 Å². The average Bonchev–Trinajstić information content (AvgIpc) is 3.36. The van der Waals surface area contributed by atoms with Crippen molar-refractivity contribution in [2.45, 2.75) is 51.0 Å². The molecule has 3 aliphatic carbocycles. The Morgan fingerprint density at radius 1 is 1.12 bits per heavy atom. The molecule has 32 heavy (non-hydrogen) atoms. The number of hydrogen-bond donors (Lipinski definition) is 1. The highest BCUT2D eigenvalue weighted by atomic mass is 35.5. The summed E-state index contributed by atoms with van der Waals surface area (Å²) in [5.74, 6) is 0.404. The van der Waals surface area contributed by atoms with Crippen molar-refractivity contribution in [2.24, 2.45) is 5.41 Å². The molecule has 2 aromatic rings. The Bertz CT molecular complexity index is 1150. The number of nitrogens with zero attached hydrogens (tertiary/aromatic N) is 3. The quantitative estimate of drug-likeness (QED) is 0.755. The summed E-state index contributed by atoms with van der Waals surface area (Å²) in [5, 5.41) is 0.173. The van der Waals surface area contributed by atoms with E-state index in [1.54, 1.807) is 12.1 Å². The van der Waals surface area contributed by atoms with Crippen molar-refractivity contribution in [1.82, 2.24) is 14.9 Å². The zero-order valence-corrected chi connectivity index (χ0v) is 18.9. The van der Waals surface area contributed by atoms with Crippen LogP contribution in [0.5, 0.6) is 0 Å². The van der Waals surface area contributed by atoms with Crippen molar-refractivity contribution in [3.8, 4) is 0 Å². The number of fused-ring (bicyclic) bond motifs is 1. The number of piperazine rings is 1. The zero-order chi connectivity index (χ0) is 21.9. The second-order valence-corrected chi connectivity index (χ2v) is 10.3. The fourth-order valence-corrected chi connectivity index (χ4v) is 5.89. The van der Waals surface area contributed by atoms with Gasteiger partial charge >= 0.3 is 0 Å². The van der Waals surface area contributed by atoms with Crippen LogP contribution >= 0.6 is 11.6 Å². The summed E-state index contributed by atoms with van der Waals surface area (Å²) >= 11 is 5.96. The molecule has 1 aliphatic heterocycles. The van der Waals surface area contributed by atoms with Crippen LogP contribution < -0.4 is 10.5 Å². The molecule has 1 spiro atoms. The summed E-state index contributed by atoms with van der Waals surface area (Å²) in [5.41, 5.74) is 4.60. The van der Waals surface area contributed by atoms with Crippen LogP contribution in [-0.4, -0.2) is 47.1 Å². The molecule has 5 nitrogen and oxygen atoms in total. The van der Waals surface area contributed by atoms with E-state index >= 15 is 0 Å². The number of H-pyrrole nitrogens is 1. The molecule has 1 saturated carbocycles. The molecule has 1 atom stereocenters. The minimum atomic E-state index is -0.376. The molecule has 1 aromatic carbocycles. The average molecular weight is 455 g/mol. The van der Waals surface area contributed by atoms with Gasteiger partial charge in [0.1, 0.15) is 11.6 Å². The minimum Gasteiger partial charge on any atom is -0.369 e. The van der Waals surface area contributed by atoms with Crippen molar-refractivity contribution >= 4 is 22.9 Å². The lowest BCUT2D eigenvalue weighted by Gasteiger charge is -2.38. The first-order valence-corrected chi connectivity index (χ1v) is 12.1. The summed E-state index contributed by atoms with van der Waals surface area (Å²) in [6.45, 7) is 3.66. The predicted molar refractivity (Wildman–Crippen MR) is 125 cm³/mol. The largest absolute Gasteiger partial charge is 0.369 e. The highest BCUT2D eigenvalue weighted by Gasteiger charge is 2.45. The van der Waals surface area contributed by atoms with E-state index in [0.717, 1.165) is 74.6 Å². The van der Waals surface area contributed by atoms with E-state index in [0.29, 0.717) is 11.5 Å². The Labute approximate surface area is 192 Å². The number of benzene rings is 1. The summed E-state index contributed by atoms with van der Waals surface area (Å²) in [6.07, 6.45) is 9.88. The van der Waals surface area contributed by atoms with Crippen LogP contribution in [0.2, 0.25) is 5.02 Å². The Hall–Kier alpha value is -2.18. The summed E-state index contributed by atoms with van der Waals surface area (Å²) in [6, 6.07) is 5.32. The van der Waals surface area contributed by atoms with Gasteiger partial charge in [0.05, 0.1) is 10.7 Å². The standard InChI is InChI=1S/C25H28ClFN4O/c26-20-14-18(3-4-21(20)27)31-11-9-30(10-12-31)17-2-1-16(13-17)23-28-22-5-6-25(7-8-25)15-19(22)24(32)29-23/h3-4,13-14,17H,1-2,5-12,15H2,(H,28,29,32)/t17-/m1/s1. The van der Waals surface area contributed by atoms with E-state index in [1.165, 1.54) is 30.9 Å². The Balaban J connectivity index is 1.14. The highest BCUT2D eigenvalue weighted by molar-refractivity contribution is 6.31. The van der Waals surface area contributed by atoms with Crippen molar-refractivity contribution in [3.05, 3.63) is 62.6 Å². The maximum atomic E-state index is 13.5. The van der Waals surface area contributed by atoms with E-state index in [2.05, 4.69) is 20.9 Å². The molecule has 2 heterocycles. The van der Waals surface area contributed by atoms with Gasteiger partial charge in [0.2, 0.25) is 0 Å². The van der Waals surface area contributed by atoms with Crippen LogP contribution in [0.15, 0.2) is 29.1 Å². The van der Waals surface area contributed by atoms with Gasteiger partial charge in [0.15, 0.2) is 0 Å². The van der Waals surface area contributed by atoms with Gasteiger partial charge in [0, 0.05) is 43.5 Å². The maximum Gasteiger partial charge on any atom is 0.254 e. The number of aromatic amines is 1. The number of aryl methyl sites for hydroxylation is 1. The Morgan fingerprint density at radius 3 is 2.69 bits per heavy atom. The fourth-order valence-electron chi connectivity index (χ4n) is 5.72. The zero-order valence-electron chi connectivity index (χ0n) is 18.2. The molecule has 7 heteroatoms. The molecule has 6 rings (SSSR count). The minimum absolute atomic E-state index is 0.0758. The smallest absolute Gasteiger partial charge is 0.254 e. The van der Waals surface area contributed by atoms with E-state index < -0.39 is 0 Å². The van der Waals surface area contributed by atoms with Crippen molar-refractivity contribution in [2.75, 3.05) is 31.1 Å². The molecule has 4 aliphatic rings. The number of nitrogens with one attached hydrogen (secondary N) is 1. The van der Waals surface area contributed by atoms with Crippen LogP contribution in [0.1, 0.15) is 49.2 Å². The van der Waals surface area contributed by atoms with E-state index in [4.69, 9.17) is 16.6 Å². The van der Waals surface area contributed by atoms with E-state index in [-0.39, 0.29) is 16.4 Å². The van der Waals surface area contributed by atoms with Crippen LogP contribution in [0.25, 0.3) is 5.57 Å². The molecule has 0 bridgehead atoms. The second-order valence-electron chi connectivity index (χ2n) is 9.94. The summed E-state index contributed by atoms with van der Waals surface area (Å²) in [4.78, 5) is 25.5. The van der Waals surface area contributed by atoms with Gasteiger partial charge in [-0.15, -0.1) is 0 Å². The van der Waals surface area contributed by atoms with Gasteiger partial charge in [-0.2, -0.15) is 0 Å². The molecular formula is C25H28ClFN4O. The van der Waals surface area contributed by atoms with Gasteiger partial charge in [-0.1, -0.05) is 17.7 Å². The molecule has 2 fully saturated rings. The van der Waals surface area contributed by atoms with Crippen molar-refractivity contribution < 1.29 is 4.39 Å². The topological polar surface area (TPSA) is 52.2 Å². The SMILES string of the molecule is O=c1[nH]c(C2=C[C@H](N3CCN(c4ccc(F)c(Cl)c4)CC3)CC2)nc2c1CC1(CC2)CC1. The second kappa shape index (κ2) is 7.70. The van der Waals surface area contributed by atoms with Gasteiger partial charge in [0.25, 0.3) is 5.56 Å². The molecular weight excluding hydrogens is 427 g/mol. The van der Waals surface area contributed by atoms with Gasteiger partial charge < -0.3 is 9.88 Å². The van der Waals surface area contributed by atoms with Gasteiger partial charge in [-0.05, 0) is 74.1 Å². The van der Waals surface area contributed by atoms with Crippen molar-refractivity contribution in [1.29, 1.82) is 0 Å². The molecule has 1 aromatic heterocycles. The third-order valence-corrected chi connectivity index (χ3v) is 8.25. The van der Waals surface area contributed by atoms with Crippen LogP contribution in [0, 0.1) is 11.2 Å². The number of aromatic nitrogens is 2. The molecule has 0 radical (unpaired) electrons. The number of allylic oxidation sites excluding steroid dienone is 1. The normalized spacial score (nSPS) is 24.5.